The van der Waals surface area contributed by atoms with E-state index in [9.17, 15) is 5.11 Å². The van der Waals surface area contributed by atoms with Gasteiger partial charge in [0.25, 0.3) is 0 Å². The molecule has 4 unspecified atom stereocenters. The summed E-state index contributed by atoms with van der Waals surface area (Å²) < 4.78 is 5.60. The molecule has 3 aliphatic rings. The lowest BCUT2D eigenvalue weighted by molar-refractivity contribution is -0.161. The third-order valence-corrected chi connectivity index (χ3v) is 8.53. The van der Waals surface area contributed by atoms with Gasteiger partial charge in [0.05, 0.1) is 12.7 Å². The number of nitrogens with zero attached hydrogens (tertiary/aromatic N) is 1. The first-order valence-corrected chi connectivity index (χ1v) is 12.5. The van der Waals surface area contributed by atoms with Crippen LogP contribution in [0.2, 0.25) is 0 Å². The third-order valence-electron chi connectivity index (χ3n) is 8.53. The summed E-state index contributed by atoms with van der Waals surface area (Å²) in [5.41, 5.74) is 3.09. The molecule has 1 saturated heterocycles. The summed E-state index contributed by atoms with van der Waals surface area (Å²) in [4.78, 5) is 2.56. The Kier molecular flexibility index (Phi) is 6.97. The van der Waals surface area contributed by atoms with E-state index < -0.39 is 5.60 Å². The zero-order valence-corrected chi connectivity index (χ0v) is 20.4. The first-order chi connectivity index (χ1) is 15.4. The van der Waals surface area contributed by atoms with Crippen molar-refractivity contribution >= 4 is 0 Å². The highest BCUT2D eigenvalue weighted by Crippen LogP contribution is 2.56. The minimum atomic E-state index is -0.709. The number of hydrogen-bond acceptors (Lipinski definition) is 3. The van der Waals surface area contributed by atoms with Gasteiger partial charge in [0.1, 0.15) is 5.75 Å². The summed E-state index contributed by atoms with van der Waals surface area (Å²) in [5.74, 6) is 1.52. The van der Waals surface area contributed by atoms with Gasteiger partial charge in [-0.3, -0.25) is 4.90 Å². The van der Waals surface area contributed by atoms with E-state index in [0.29, 0.717) is 5.92 Å². The largest absolute Gasteiger partial charge is 0.497 e. The molecular formula is C29H41NO2. The van der Waals surface area contributed by atoms with Crippen LogP contribution in [-0.2, 0) is 5.41 Å². The first kappa shape index (κ1) is 23.3. The molecule has 1 saturated carbocycles. The molecular weight excluding hydrogens is 394 g/mol. The number of hydrogen-bond donors (Lipinski definition) is 1. The zero-order chi connectivity index (χ0) is 22.8. The van der Waals surface area contributed by atoms with E-state index in [1.54, 1.807) is 7.11 Å². The lowest BCUT2D eigenvalue weighted by Crippen LogP contribution is -2.69. The Morgan fingerprint density at radius 3 is 2.84 bits per heavy atom. The molecule has 0 radical (unpaired) electrons. The Bertz CT molecular complexity index is 900. The summed E-state index contributed by atoms with van der Waals surface area (Å²) >= 11 is 0. The van der Waals surface area contributed by atoms with E-state index >= 15 is 0 Å². The molecule has 3 nitrogen and oxygen atoms in total. The number of rotatable bonds is 6. The van der Waals surface area contributed by atoms with Crippen molar-refractivity contribution in [2.45, 2.75) is 82.8 Å². The van der Waals surface area contributed by atoms with E-state index in [4.69, 9.17) is 4.74 Å². The molecule has 4 rings (SSSR count). The number of fused-ring (bicyclic) bond motifs is 1. The van der Waals surface area contributed by atoms with E-state index in [-0.39, 0.29) is 11.5 Å². The Morgan fingerprint density at radius 1 is 1.19 bits per heavy atom. The fourth-order valence-corrected chi connectivity index (χ4v) is 6.64. The number of methoxy groups -OCH3 is 1. The van der Waals surface area contributed by atoms with Gasteiger partial charge in [-0.2, -0.15) is 0 Å². The molecule has 32 heavy (non-hydrogen) atoms. The maximum Gasteiger partial charge on any atom is 0.119 e. The Morgan fingerprint density at radius 2 is 2.03 bits per heavy atom. The quantitative estimate of drug-likeness (QED) is 0.585. The Balaban J connectivity index is 1.57. The van der Waals surface area contributed by atoms with Crippen LogP contribution in [0.3, 0.4) is 0 Å². The molecule has 0 amide bonds. The maximum absolute atomic E-state index is 12.4. The van der Waals surface area contributed by atoms with Gasteiger partial charge in [-0.15, -0.1) is 0 Å². The molecule has 0 bridgehead atoms. The molecule has 4 atom stereocenters. The Hall–Kier alpha value is -1.84. The molecule has 1 aromatic carbocycles. The second-order valence-corrected chi connectivity index (χ2v) is 10.4. The summed E-state index contributed by atoms with van der Waals surface area (Å²) in [6, 6.07) is 6.57. The van der Waals surface area contributed by atoms with Crippen LogP contribution in [0.1, 0.15) is 69.9 Å². The van der Waals surface area contributed by atoms with E-state index in [1.807, 2.05) is 6.07 Å². The van der Waals surface area contributed by atoms with Crippen LogP contribution in [-0.4, -0.2) is 41.8 Å². The first-order valence-electron chi connectivity index (χ1n) is 12.5. The second kappa shape index (κ2) is 9.57. The molecule has 3 heteroatoms. The van der Waals surface area contributed by atoms with E-state index in [1.165, 1.54) is 16.7 Å². The monoisotopic (exact) mass is 435 g/mol. The van der Waals surface area contributed by atoms with Gasteiger partial charge in [0, 0.05) is 11.5 Å². The molecule has 1 aromatic rings. The number of piperidine rings is 1. The summed E-state index contributed by atoms with van der Waals surface area (Å²) in [7, 11) is 1.74. The van der Waals surface area contributed by atoms with Crippen molar-refractivity contribution in [1.82, 2.24) is 4.90 Å². The highest BCUT2D eigenvalue weighted by Gasteiger charge is 2.60. The highest BCUT2D eigenvalue weighted by molar-refractivity contribution is 5.44. The predicted octanol–water partition coefficient (Wildman–Crippen LogP) is 6.11. The van der Waals surface area contributed by atoms with Crippen molar-refractivity contribution < 1.29 is 9.84 Å². The van der Waals surface area contributed by atoms with Crippen molar-refractivity contribution in [1.29, 1.82) is 0 Å². The molecule has 1 heterocycles. The number of ether oxygens (including phenoxy) is 1. The van der Waals surface area contributed by atoms with Crippen LogP contribution in [0.15, 0.2) is 54.2 Å². The number of allylic oxidation sites excluding steroid dienone is 6. The van der Waals surface area contributed by atoms with Crippen LogP contribution in [0, 0.1) is 12.8 Å². The molecule has 0 aromatic heterocycles. The van der Waals surface area contributed by atoms with Crippen LogP contribution in [0.5, 0.6) is 5.75 Å². The van der Waals surface area contributed by atoms with Gasteiger partial charge < -0.3 is 9.84 Å². The van der Waals surface area contributed by atoms with Crippen LogP contribution >= 0.6 is 0 Å². The fraction of sp³-hybridized carbons (Fsp3) is 0.586. The average Bonchev–Trinajstić information content (AvgIpc) is 3.06. The molecule has 1 aliphatic heterocycles. The molecule has 2 aliphatic carbocycles. The summed E-state index contributed by atoms with van der Waals surface area (Å²) in [6.07, 6.45) is 18.4. The zero-order valence-electron chi connectivity index (χ0n) is 20.4. The molecule has 0 spiro atoms. The number of likely N-dealkylation sites (tertiary alicyclic amines) is 1. The van der Waals surface area contributed by atoms with Gasteiger partial charge in [0.15, 0.2) is 0 Å². The minimum absolute atomic E-state index is 0.146. The van der Waals surface area contributed by atoms with Crippen molar-refractivity contribution in [3.63, 3.8) is 0 Å². The minimum Gasteiger partial charge on any atom is -0.497 e. The van der Waals surface area contributed by atoms with Gasteiger partial charge in [-0.05, 0) is 107 Å². The Labute approximate surface area is 194 Å². The van der Waals surface area contributed by atoms with Gasteiger partial charge >= 0.3 is 0 Å². The van der Waals surface area contributed by atoms with Crippen molar-refractivity contribution in [2.24, 2.45) is 5.92 Å². The van der Waals surface area contributed by atoms with Crippen LogP contribution < -0.4 is 4.74 Å². The normalized spacial score (nSPS) is 32.8. The number of aliphatic hydroxyl groups is 1. The number of benzene rings is 1. The van der Waals surface area contributed by atoms with Gasteiger partial charge in [-0.25, -0.2) is 0 Å². The number of aryl methyl sites for hydroxylation is 1. The summed E-state index contributed by atoms with van der Waals surface area (Å²) in [6.45, 7) is 8.91. The van der Waals surface area contributed by atoms with E-state index in [0.717, 1.165) is 63.8 Å². The average molecular weight is 436 g/mol. The maximum atomic E-state index is 12.4. The predicted molar refractivity (Wildman–Crippen MR) is 133 cm³/mol. The van der Waals surface area contributed by atoms with Crippen LogP contribution in [0.4, 0.5) is 0 Å². The summed E-state index contributed by atoms with van der Waals surface area (Å²) in [5, 5.41) is 12.4. The van der Waals surface area contributed by atoms with Crippen LogP contribution in [0.25, 0.3) is 0 Å². The topological polar surface area (TPSA) is 32.7 Å². The van der Waals surface area contributed by atoms with Gasteiger partial charge in [-0.1, -0.05) is 43.4 Å². The third kappa shape index (κ3) is 4.22. The molecule has 174 valence electrons. The van der Waals surface area contributed by atoms with Crippen molar-refractivity contribution in [2.75, 3.05) is 20.2 Å². The smallest absolute Gasteiger partial charge is 0.119 e. The van der Waals surface area contributed by atoms with Crippen molar-refractivity contribution in [3.05, 3.63) is 65.3 Å². The highest BCUT2D eigenvalue weighted by atomic mass is 16.5. The lowest BCUT2D eigenvalue weighted by atomic mass is 9.51. The van der Waals surface area contributed by atoms with Gasteiger partial charge in [0.2, 0.25) is 0 Å². The molecule has 2 fully saturated rings. The molecule has 1 N–H and O–H groups in total. The lowest BCUT2D eigenvalue weighted by Gasteiger charge is -2.61. The standard InChI is InChI=1S/C29H41NO2/c1-22-15-16-29(31)24(3)30(18-9-12-25-10-7-5-6-8-11-25)19-17-28(29,21-22)27-20-26(32-4)14-13-23(27)2/h5,7-8,10-11,13-14,20,22,24,31H,6,9,12,15-19,21H2,1-4H3. The fourth-order valence-electron chi connectivity index (χ4n) is 6.64. The second-order valence-electron chi connectivity index (χ2n) is 10.4. The van der Waals surface area contributed by atoms with Crippen molar-refractivity contribution in [3.8, 4) is 5.75 Å². The SMILES string of the molecule is COc1ccc(C)c(C23CCN(CCCC4=CC=CCC=C4)C(C)C2(O)CCC(C)C3)c1. The van der Waals surface area contributed by atoms with E-state index in [2.05, 4.69) is 68.2 Å².